The van der Waals surface area contributed by atoms with E-state index >= 15 is 0 Å². The van der Waals surface area contributed by atoms with Crippen LogP contribution in [0.2, 0.25) is 0 Å². The van der Waals surface area contributed by atoms with Crippen molar-refractivity contribution in [3.63, 3.8) is 0 Å². The first-order chi connectivity index (χ1) is 8.24. The average molecular weight is 234 g/mol. The molecule has 1 amide bonds. The highest BCUT2D eigenvalue weighted by atomic mass is 16.5. The number of amides is 1. The van der Waals surface area contributed by atoms with Crippen molar-refractivity contribution in [3.05, 3.63) is 29.8 Å². The van der Waals surface area contributed by atoms with Crippen LogP contribution in [-0.4, -0.2) is 25.2 Å². The predicted octanol–water partition coefficient (Wildman–Crippen LogP) is 1.11. The molecule has 17 heavy (non-hydrogen) atoms. The van der Waals surface area contributed by atoms with E-state index in [9.17, 15) is 4.79 Å². The summed E-state index contributed by atoms with van der Waals surface area (Å²) in [6, 6.07) is 7.40. The Morgan fingerprint density at radius 1 is 1.53 bits per heavy atom. The van der Waals surface area contributed by atoms with Crippen molar-refractivity contribution in [3.8, 4) is 0 Å². The second-order valence-electron chi connectivity index (χ2n) is 4.36. The van der Waals surface area contributed by atoms with Gasteiger partial charge in [-0.3, -0.25) is 4.79 Å². The summed E-state index contributed by atoms with van der Waals surface area (Å²) in [5.74, 6) is 0.0195. The molecule has 4 nitrogen and oxygen atoms in total. The zero-order chi connectivity index (χ0) is 12.1. The quantitative estimate of drug-likeness (QED) is 0.767. The molecule has 1 heterocycles. The van der Waals surface area contributed by atoms with E-state index in [1.807, 2.05) is 24.3 Å². The molecule has 1 aliphatic rings. The monoisotopic (exact) mass is 234 g/mol. The summed E-state index contributed by atoms with van der Waals surface area (Å²) < 4.78 is 5.44. The van der Waals surface area contributed by atoms with Gasteiger partial charge in [0.2, 0.25) is 5.91 Å². The summed E-state index contributed by atoms with van der Waals surface area (Å²) in [6.07, 6.45) is 2.70. The van der Waals surface area contributed by atoms with E-state index in [2.05, 4.69) is 5.32 Å². The maximum Gasteiger partial charge on any atom is 0.224 e. The Hall–Kier alpha value is -1.55. The molecule has 0 radical (unpaired) electrons. The van der Waals surface area contributed by atoms with Gasteiger partial charge >= 0.3 is 0 Å². The minimum absolute atomic E-state index is 0.0195. The van der Waals surface area contributed by atoms with E-state index in [-0.39, 0.29) is 12.0 Å². The summed E-state index contributed by atoms with van der Waals surface area (Å²) in [5.41, 5.74) is 7.29. The Bertz CT molecular complexity index is 387. The Kier molecular flexibility index (Phi) is 3.98. The summed E-state index contributed by atoms with van der Waals surface area (Å²) in [7, 11) is 0. The fourth-order valence-corrected chi connectivity index (χ4v) is 1.98. The van der Waals surface area contributed by atoms with E-state index in [1.165, 1.54) is 0 Å². The number of benzene rings is 1. The van der Waals surface area contributed by atoms with Crippen molar-refractivity contribution in [1.82, 2.24) is 5.32 Å². The first-order valence-corrected chi connectivity index (χ1v) is 5.97. The maximum atomic E-state index is 11.7. The van der Waals surface area contributed by atoms with Crippen molar-refractivity contribution >= 4 is 11.6 Å². The predicted molar refractivity (Wildman–Crippen MR) is 66.5 cm³/mol. The van der Waals surface area contributed by atoms with Crippen LogP contribution in [0.3, 0.4) is 0 Å². The minimum atomic E-state index is 0.0195. The van der Waals surface area contributed by atoms with E-state index in [0.29, 0.717) is 18.7 Å². The van der Waals surface area contributed by atoms with Gasteiger partial charge in [-0.2, -0.15) is 0 Å². The normalized spacial score (nSPS) is 19.2. The molecule has 1 atom stereocenters. The zero-order valence-corrected chi connectivity index (χ0v) is 9.82. The molecule has 0 bridgehead atoms. The molecule has 1 aromatic carbocycles. The molecule has 1 aliphatic heterocycles. The fraction of sp³-hybridized carbons (Fsp3) is 0.462. The van der Waals surface area contributed by atoms with Crippen LogP contribution in [0.15, 0.2) is 24.3 Å². The number of carbonyl (C=O) groups is 1. The number of nitrogen functional groups attached to an aromatic ring is 1. The standard InChI is InChI=1S/C13H18N2O2/c14-11-4-1-3-10(7-11)8-13(16)15-9-12-5-2-6-17-12/h1,3-4,7,12H,2,5-6,8-9,14H2,(H,15,16). The first-order valence-electron chi connectivity index (χ1n) is 5.97. The number of anilines is 1. The first kappa shape index (κ1) is 11.9. The lowest BCUT2D eigenvalue weighted by Gasteiger charge is -2.10. The maximum absolute atomic E-state index is 11.7. The van der Waals surface area contributed by atoms with Gasteiger partial charge in [-0.1, -0.05) is 12.1 Å². The second kappa shape index (κ2) is 5.68. The van der Waals surface area contributed by atoms with Gasteiger partial charge in [0, 0.05) is 18.8 Å². The Morgan fingerprint density at radius 2 is 2.41 bits per heavy atom. The van der Waals surface area contributed by atoms with E-state index in [4.69, 9.17) is 10.5 Å². The van der Waals surface area contributed by atoms with E-state index in [1.54, 1.807) is 0 Å². The molecule has 1 unspecified atom stereocenters. The van der Waals surface area contributed by atoms with Gasteiger partial charge in [0.05, 0.1) is 12.5 Å². The van der Waals surface area contributed by atoms with Gasteiger partial charge in [-0.05, 0) is 30.5 Å². The highest BCUT2D eigenvalue weighted by molar-refractivity contribution is 5.78. The van der Waals surface area contributed by atoms with E-state index < -0.39 is 0 Å². The third kappa shape index (κ3) is 3.75. The number of nitrogens with two attached hydrogens (primary N) is 1. The lowest BCUT2D eigenvalue weighted by atomic mass is 10.1. The molecule has 0 aromatic heterocycles. The van der Waals surface area contributed by atoms with Gasteiger partial charge in [-0.25, -0.2) is 0 Å². The van der Waals surface area contributed by atoms with Crippen LogP contribution in [0.4, 0.5) is 5.69 Å². The molecule has 92 valence electrons. The van der Waals surface area contributed by atoms with Gasteiger partial charge in [0.25, 0.3) is 0 Å². The molecule has 4 heteroatoms. The molecule has 1 fully saturated rings. The van der Waals surface area contributed by atoms with Crippen LogP contribution in [0.25, 0.3) is 0 Å². The number of carbonyl (C=O) groups excluding carboxylic acids is 1. The van der Waals surface area contributed by atoms with Crippen molar-refractivity contribution in [2.24, 2.45) is 0 Å². The summed E-state index contributed by atoms with van der Waals surface area (Å²) in [6.45, 7) is 1.43. The number of rotatable bonds is 4. The molecule has 1 saturated heterocycles. The number of hydrogen-bond acceptors (Lipinski definition) is 3. The SMILES string of the molecule is Nc1cccc(CC(=O)NCC2CCCO2)c1. The third-order valence-electron chi connectivity index (χ3n) is 2.87. The number of nitrogens with one attached hydrogen (secondary N) is 1. The highest BCUT2D eigenvalue weighted by Crippen LogP contribution is 2.11. The van der Waals surface area contributed by atoms with Gasteiger partial charge in [-0.15, -0.1) is 0 Å². The second-order valence-corrected chi connectivity index (χ2v) is 4.36. The van der Waals surface area contributed by atoms with Crippen molar-refractivity contribution in [2.75, 3.05) is 18.9 Å². The molecule has 3 N–H and O–H groups in total. The molecule has 0 saturated carbocycles. The minimum Gasteiger partial charge on any atom is -0.399 e. The van der Waals surface area contributed by atoms with Crippen LogP contribution < -0.4 is 11.1 Å². The lowest BCUT2D eigenvalue weighted by molar-refractivity contribution is -0.120. The summed E-state index contributed by atoms with van der Waals surface area (Å²) in [5, 5.41) is 2.89. The van der Waals surface area contributed by atoms with Crippen molar-refractivity contribution in [2.45, 2.75) is 25.4 Å². The summed E-state index contributed by atoms with van der Waals surface area (Å²) in [4.78, 5) is 11.7. The van der Waals surface area contributed by atoms with Crippen molar-refractivity contribution < 1.29 is 9.53 Å². The molecule has 2 rings (SSSR count). The van der Waals surface area contributed by atoms with Gasteiger partial charge in [0.15, 0.2) is 0 Å². The zero-order valence-electron chi connectivity index (χ0n) is 9.82. The molecule has 1 aromatic rings. The Morgan fingerprint density at radius 3 is 3.12 bits per heavy atom. The van der Waals surface area contributed by atoms with Crippen LogP contribution in [0, 0.1) is 0 Å². The van der Waals surface area contributed by atoms with Gasteiger partial charge in [0.1, 0.15) is 0 Å². The van der Waals surface area contributed by atoms with Crippen LogP contribution >= 0.6 is 0 Å². The molecule has 0 aliphatic carbocycles. The average Bonchev–Trinajstić information content (AvgIpc) is 2.79. The van der Waals surface area contributed by atoms with Gasteiger partial charge < -0.3 is 15.8 Å². The van der Waals surface area contributed by atoms with Crippen LogP contribution in [-0.2, 0) is 16.0 Å². The topological polar surface area (TPSA) is 64.4 Å². The highest BCUT2D eigenvalue weighted by Gasteiger charge is 2.16. The molecular formula is C13H18N2O2. The third-order valence-corrected chi connectivity index (χ3v) is 2.87. The van der Waals surface area contributed by atoms with E-state index in [0.717, 1.165) is 25.0 Å². The lowest BCUT2D eigenvalue weighted by Crippen LogP contribution is -2.32. The molecule has 0 spiro atoms. The summed E-state index contributed by atoms with van der Waals surface area (Å²) >= 11 is 0. The smallest absolute Gasteiger partial charge is 0.224 e. The number of ether oxygens (including phenoxy) is 1. The molecular weight excluding hydrogens is 216 g/mol. The number of hydrogen-bond donors (Lipinski definition) is 2. The van der Waals surface area contributed by atoms with Crippen LogP contribution in [0.5, 0.6) is 0 Å². The van der Waals surface area contributed by atoms with Crippen molar-refractivity contribution in [1.29, 1.82) is 0 Å². The fourth-order valence-electron chi connectivity index (χ4n) is 1.98. The largest absolute Gasteiger partial charge is 0.399 e. The Labute approximate surface area is 101 Å². The Balaban J connectivity index is 1.76. The van der Waals surface area contributed by atoms with Crippen LogP contribution in [0.1, 0.15) is 18.4 Å².